The monoisotopic (exact) mass is 726 g/mol. The van der Waals surface area contributed by atoms with Crippen molar-refractivity contribution >= 4 is 40.5 Å². The Hall–Kier alpha value is -5.27. The maximum Gasteiger partial charge on any atom is 0.243 e. The third-order valence-electron chi connectivity index (χ3n) is 8.50. The summed E-state index contributed by atoms with van der Waals surface area (Å²) < 4.78 is 11.0. The second-order valence-corrected chi connectivity index (χ2v) is 12.5. The second kappa shape index (κ2) is 18.3. The first-order valence-electron chi connectivity index (χ1n) is 16.6. The minimum absolute atomic E-state index is 0.0504. The van der Waals surface area contributed by atoms with Crippen LogP contribution in [0.5, 0.6) is 5.75 Å². The summed E-state index contributed by atoms with van der Waals surface area (Å²) in [6, 6.07) is 10.2. The predicted molar refractivity (Wildman–Crippen MR) is 187 cm³/mol. The van der Waals surface area contributed by atoms with Crippen LogP contribution in [0.2, 0.25) is 0 Å². The minimum atomic E-state index is -1.62. The van der Waals surface area contributed by atoms with Crippen molar-refractivity contribution in [3.8, 4) is 5.75 Å². The molecule has 14 N–H and O–H groups in total. The molecule has 8 atom stereocenters. The van der Waals surface area contributed by atoms with Gasteiger partial charge < -0.3 is 68.0 Å². The number of hydrogen-bond acceptors (Lipinski definition) is 11. The number of aromatic amines is 1. The third-order valence-corrected chi connectivity index (χ3v) is 8.50. The Labute approximate surface area is 298 Å². The van der Waals surface area contributed by atoms with Gasteiger partial charge in [-0.1, -0.05) is 30.3 Å². The zero-order valence-electron chi connectivity index (χ0n) is 28.5. The molecule has 4 amide bonds. The molecular formula is C34H46N8O10. The molecule has 3 aromatic rings. The van der Waals surface area contributed by atoms with Gasteiger partial charge in [0.1, 0.15) is 48.3 Å². The number of benzene rings is 2. The van der Waals surface area contributed by atoms with Crippen molar-refractivity contribution in [2.45, 2.75) is 81.4 Å². The number of aliphatic hydroxyl groups is 4. The molecule has 18 nitrogen and oxygen atoms in total. The number of fused-ring (bicyclic) bond motifs is 1. The molecule has 0 aliphatic carbocycles. The third kappa shape index (κ3) is 10.6. The summed E-state index contributed by atoms with van der Waals surface area (Å²) in [7, 11) is 0. The van der Waals surface area contributed by atoms with E-state index in [0.29, 0.717) is 5.56 Å². The molecule has 18 heteroatoms. The van der Waals surface area contributed by atoms with Crippen LogP contribution in [0.1, 0.15) is 30.9 Å². The number of aliphatic imine (C=N–C) groups is 1. The van der Waals surface area contributed by atoms with E-state index >= 15 is 0 Å². The first kappa shape index (κ1) is 39.5. The number of nitrogens with two attached hydrogens (primary N) is 3. The average Bonchev–Trinajstić information content (AvgIpc) is 3.52. The van der Waals surface area contributed by atoms with Gasteiger partial charge in [0.15, 0.2) is 5.96 Å². The van der Waals surface area contributed by atoms with Crippen molar-refractivity contribution in [2.75, 3.05) is 13.2 Å². The fourth-order valence-electron chi connectivity index (χ4n) is 5.75. The molecule has 0 saturated carbocycles. The van der Waals surface area contributed by atoms with Gasteiger partial charge in [0.2, 0.25) is 29.9 Å². The van der Waals surface area contributed by atoms with E-state index in [1.165, 1.54) is 19.1 Å². The summed E-state index contributed by atoms with van der Waals surface area (Å²) in [4.78, 5) is 58.9. The molecule has 0 radical (unpaired) electrons. The Balaban J connectivity index is 1.45. The number of guanidine groups is 1. The average molecular weight is 727 g/mol. The SMILES string of the molecule is CC(=O)N[C@@H](Cc1c[nH]c2ccccc12)C(=O)N[C@@H](CCCN=C(N)N)C(=O)N[C@@H](Cc1ccc(O[C@@H]2O[C@H](CO)[C@@H](O)[C@H](O)[C@H]2O)cc1)C(N)=O. The van der Waals surface area contributed by atoms with Gasteiger partial charge >= 0.3 is 0 Å². The van der Waals surface area contributed by atoms with Crippen molar-refractivity contribution in [3.05, 3.63) is 65.9 Å². The fourth-order valence-corrected chi connectivity index (χ4v) is 5.75. The molecule has 52 heavy (non-hydrogen) atoms. The van der Waals surface area contributed by atoms with E-state index in [0.717, 1.165) is 16.5 Å². The lowest BCUT2D eigenvalue weighted by molar-refractivity contribution is -0.277. The molecule has 1 fully saturated rings. The van der Waals surface area contributed by atoms with Gasteiger partial charge in [0, 0.05) is 43.4 Å². The summed E-state index contributed by atoms with van der Waals surface area (Å²) in [5.41, 5.74) is 18.7. The molecule has 282 valence electrons. The number of aliphatic hydroxyl groups excluding tert-OH is 4. The molecule has 1 aliphatic heterocycles. The Bertz CT molecular complexity index is 1710. The van der Waals surface area contributed by atoms with Crippen molar-refractivity contribution < 1.29 is 49.1 Å². The van der Waals surface area contributed by atoms with Crippen LogP contribution in [0, 0.1) is 0 Å². The number of nitrogens with zero attached hydrogens (tertiary/aromatic N) is 1. The van der Waals surface area contributed by atoms with E-state index in [1.54, 1.807) is 18.3 Å². The van der Waals surface area contributed by atoms with Gasteiger partial charge in [-0.15, -0.1) is 0 Å². The first-order chi connectivity index (χ1) is 24.8. The van der Waals surface area contributed by atoms with Gasteiger partial charge in [0.25, 0.3) is 0 Å². The van der Waals surface area contributed by atoms with Crippen molar-refractivity contribution in [3.63, 3.8) is 0 Å². The number of hydrogen-bond donors (Lipinski definition) is 11. The number of ether oxygens (including phenoxy) is 2. The summed E-state index contributed by atoms with van der Waals surface area (Å²) in [6.07, 6.45) is -5.15. The number of carbonyl (C=O) groups excluding carboxylic acids is 4. The van der Waals surface area contributed by atoms with Gasteiger partial charge in [0.05, 0.1) is 6.61 Å². The van der Waals surface area contributed by atoms with Crippen LogP contribution in [0.25, 0.3) is 10.9 Å². The quantitative estimate of drug-likeness (QED) is 0.0381. The largest absolute Gasteiger partial charge is 0.462 e. The lowest BCUT2D eigenvalue weighted by Crippen LogP contribution is -2.60. The van der Waals surface area contributed by atoms with E-state index in [-0.39, 0.29) is 43.9 Å². The van der Waals surface area contributed by atoms with Crippen LogP contribution in [-0.2, 0) is 36.8 Å². The molecule has 0 unspecified atom stereocenters. The molecule has 1 aliphatic rings. The fraction of sp³-hybridized carbons (Fsp3) is 0.441. The molecule has 2 heterocycles. The van der Waals surface area contributed by atoms with E-state index in [2.05, 4.69) is 25.9 Å². The minimum Gasteiger partial charge on any atom is -0.462 e. The highest BCUT2D eigenvalue weighted by Gasteiger charge is 2.44. The van der Waals surface area contributed by atoms with Gasteiger partial charge in [-0.3, -0.25) is 24.2 Å². The molecule has 2 aromatic carbocycles. The van der Waals surface area contributed by atoms with Crippen LogP contribution in [0.15, 0.2) is 59.7 Å². The lowest BCUT2D eigenvalue weighted by atomic mass is 9.99. The van der Waals surface area contributed by atoms with Gasteiger partial charge in [-0.25, -0.2) is 0 Å². The maximum atomic E-state index is 13.6. The van der Waals surface area contributed by atoms with Crippen LogP contribution in [0.3, 0.4) is 0 Å². The van der Waals surface area contributed by atoms with Gasteiger partial charge in [-0.2, -0.15) is 0 Å². The lowest BCUT2D eigenvalue weighted by Gasteiger charge is -2.39. The van der Waals surface area contributed by atoms with Crippen molar-refractivity contribution in [1.29, 1.82) is 0 Å². The number of amides is 4. The zero-order chi connectivity index (χ0) is 37.9. The molecular weight excluding hydrogens is 680 g/mol. The highest BCUT2D eigenvalue weighted by molar-refractivity contribution is 5.94. The first-order valence-corrected chi connectivity index (χ1v) is 16.6. The molecule has 1 saturated heterocycles. The van der Waals surface area contributed by atoms with Gasteiger partial charge in [-0.05, 0) is 42.2 Å². The van der Waals surface area contributed by atoms with Crippen LogP contribution in [-0.4, -0.2) is 117 Å². The number of para-hydroxylation sites is 1. The van der Waals surface area contributed by atoms with E-state index in [4.69, 9.17) is 26.7 Å². The Morgan fingerprint density at radius 1 is 0.885 bits per heavy atom. The molecule has 1 aromatic heterocycles. The van der Waals surface area contributed by atoms with Crippen LogP contribution < -0.4 is 37.9 Å². The van der Waals surface area contributed by atoms with E-state index in [1.807, 2.05) is 24.3 Å². The second-order valence-electron chi connectivity index (χ2n) is 12.5. The Kier molecular flexibility index (Phi) is 13.9. The standard InChI is InChI=1S/C34H46N8O10/c1-17(44)40-25(14-19-15-39-22-6-3-2-5-21(19)22)32(50)41-23(7-4-12-38-34(36)37)31(49)42-24(30(35)48)13-18-8-10-20(11-9-18)51-33-29(47)28(46)27(45)26(16-43)52-33/h2-3,5-6,8-11,15,23-29,33,39,43,45-47H,4,7,12-14,16H2,1H3,(H2,35,48)(H,40,44)(H,41,50)(H,42,49)(H4,36,37,38)/t23-,24-,25-,26+,27+,28-,29+,33+/m0/s1. The Morgan fingerprint density at radius 2 is 1.56 bits per heavy atom. The number of nitrogens with one attached hydrogen (secondary N) is 4. The van der Waals surface area contributed by atoms with E-state index in [9.17, 15) is 39.6 Å². The van der Waals surface area contributed by atoms with Crippen molar-refractivity contribution in [2.24, 2.45) is 22.2 Å². The maximum absolute atomic E-state index is 13.6. The molecule has 0 spiro atoms. The summed E-state index contributed by atoms with van der Waals surface area (Å²) >= 11 is 0. The predicted octanol–water partition coefficient (Wildman–Crippen LogP) is -2.85. The van der Waals surface area contributed by atoms with Crippen molar-refractivity contribution in [1.82, 2.24) is 20.9 Å². The number of primary amides is 1. The summed E-state index contributed by atoms with van der Waals surface area (Å²) in [5, 5.41) is 48.5. The van der Waals surface area contributed by atoms with Crippen LogP contribution in [0.4, 0.5) is 0 Å². The number of carbonyl (C=O) groups is 4. The smallest absolute Gasteiger partial charge is 0.243 e. The summed E-state index contributed by atoms with van der Waals surface area (Å²) in [6.45, 7) is 0.815. The van der Waals surface area contributed by atoms with E-state index < -0.39 is 79.1 Å². The summed E-state index contributed by atoms with van der Waals surface area (Å²) in [5.74, 6) is -2.60. The highest BCUT2D eigenvalue weighted by Crippen LogP contribution is 2.25. The van der Waals surface area contributed by atoms with Crippen LogP contribution >= 0.6 is 0 Å². The highest BCUT2D eigenvalue weighted by atomic mass is 16.7. The number of H-pyrrole nitrogens is 1. The number of rotatable bonds is 17. The molecule has 4 rings (SSSR count). The number of aromatic nitrogens is 1. The Morgan fingerprint density at radius 3 is 2.21 bits per heavy atom. The topological polar surface area (TPSA) is 310 Å². The zero-order valence-corrected chi connectivity index (χ0v) is 28.5. The molecule has 0 bridgehead atoms. The normalized spacial score (nSPS) is 21.7.